The molecule has 1 heterocycles. The molecule has 1 aromatic rings. The van der Waals surface area contributed by atoms with Crippen molar-refractivity contribution >= 4 is 17.4 Å². The Labute approximate surface area is 109 Å². The highest BCUT2D eigenvalue weighted by Gasteiger charge is 2.33. The van der Waals surface area contributed by atoms with Crippen LogP contribution >= 0.6 is 11.6 Å². The Kier molecular flexibility index (Phi) is 5.19. The van der Waals surface area contributed by atoms with E-state index in [0.29, 0.717) is 0 Å². The van der Waals surface area contributed by atoms with Crippen LogP contribution < -0.4 is 5.32 Å². The van der Waals surface area contributed by atoms with E-state index in [1.807, 2.05) is 13.8 Å². The van der Waals surface area contributed by atoms with Crippen LogP contribution in [0.15, 0.2) is 6.07 Å². The third-order valence-corrected chi connectivity index (χ3v) is 2.64. The Morgan fingerprint density at radius 3 is 2.50 bits per heavy atom. The van der Waals surface area contributed by atoms with Gasteiger partial charge in [0.1, 0.15) is 5.82 Å². The van der Waals surface area contributed by atoms with Crippen LogP contribution in [0, 0.1) is 0 Å². The highest BCUT2D eigenvalue weighted by atomic mass is 35.5. The van der Waals surface area contributed by atoms with Crippen molar-refractivity contribution in [3.63, 3.8) is 0 Å². The van der Waals surface area contributed by atoms with Crippen LogP contribution in [0.4, 0.5) is 19.0 Å². The summed E-state index contributed by atoms with van der Waals surface area (Å²) in [7, 11) is 0. The molecule has 0 aliphatic rings. The lowest BCUT2D eigenvalue weighted by Gasteiger charge is -2.17. The van der Waals surface area contributed by atoms with Gasteiger partial charge in [-0.3, -0.25) is 0 Å². The maximum absolute atomic E-state index is 12.5. The zero-order chi connectivity index (χ0) is 13.8. The Morgan fingerprint density at radius 1 is 1.33 bits per heavy atom. The minimum atomic E-state index is -4.52. The molecule has 0 saturated heterocycles. The normalized spacial score (nSPS) is 13.4. The van der Waals surface area contributed by atoms with Crippen LogP contribution in [-0.2, 0) is 6.18 Å². The van der Waals surface area contributed by atoms with Gasteiger partial charge < -0.3 is 5.32 Å². The second kappa shape index (κ2) is 6.22. The molecule has 0 spiro atoms. The van der Waals surface area contributed by atoms with E-state index in [9.17, 15) is 13.2 Å². The van der Waals surface area contributed by atoms with Crippen LogP contribution in [0.2, 0.25) is 5.28 Å². The fourth-order valence-corrected chi connectivity index (χ4v) is 1.76. The SMILES string of the molecule is CCCC(CC)Nc1cc(C(F)(F)F)nc(Cl)n1. The molecular weight excluding hydrogens is 267 g/mol. The van der Waals surface area contributed by atoms with Gasteiger partial charge in [0.15, 0.2) is 5.69 Å². The first-order valence-electron chi connectivity index (χ1n) is 5.75. The second-order valence-electron chi connectivity index (χ2n) is 3.94. The topological polar surface area (TPSA) is 37.8 Å². The zero-order valence-corrected chi connectivity index (χ0v) is 10.9. The first-order valence-corrected chi connectivity index (χ1v) is 6.13. The minimum absolute atomic E-state index is 0.0852. The summed E-state index contributed by atoms with van der Waals surface area (Å²) in [5, 5.41) is 2.54. The smallest absolute Gasteiger partial charge is 0.367 e. The summed E-state index contributed by atoms with van der Waals surface area (Å²) in [6, 6.07) is 0.964. The number of nitrogens with zero attached hydrogens (tertiary/aromatic N) is 2. The van der Waals surface area contributed by atoms with Crippen LogP contribution in [0.3, 0.4) is 0 Å². The van der Waals surface area contributed by atoms with Crippen molar-refractivity contribution in [1.82, 2.24) is 9.97 Å². The molecule has 0 amide bonds. The van der Waals surface area contributed by atoms with E-state index in [-0.39, 0.29) is 11.9 Å². The van der Waals surface area contributed by atoms with Crippen molar-refractivity contribution in [3.05, 3.63) is 17.0 Å². The van der Waals surface area contributed by atoms with Crippen LogP contribution in [0.5, 0.6) is 0 Å². The number of anilines is 1. The van der Waals surface area contributed by atoms with E-state index in [1.54, 1.807) is 0 Å². The van der Waals surface area contributed by atoms with Crippen molar-refractivity contribution in [2.24, 2.45) is 0 Å². The Morgan fingerprint density at radius 2 is 2.00 bits per heavy atom. The molecule has 7 heteroatoms. The third kappa shape index (κ3) is 4.33. The molecule has 0 aromatic carbocycles. The molecule has 0 saturated carbocycles. The van der Waals surface area contributed by atoms with E-state index in [1.165, 1.54) is 0 Å². The maximum atomic E-state index is 12.5. The van der Waals surface area contributed by atoms with Crippen molar-refractivity contribution in [2.45, 2.75) is 45.3 Å². The monoisotopic (exact) mass is 281 g/mol. The van der Waals surface area contributed by atoms with Gasteiger partial charge >= 0.3 is 6.18 Å². The summed E-state index contributed by atoms with van der Waals surface area (Å²) < 4.78 is 37.6. The second-order valence-corrected chi connectivity index (χ2v) is 4.28. The minimum Gasteiger partial charge on any atom is -0.367 e. The standard InChI is InChI=1S/C11H15ClF3N3/c1-3-5-7(4-2)16-9-6-8(11(13,14)15)17-10(12)18-9/h6-7H,3-5H2,1-2H3,(H,16,17,18). The Hall–Kier alpha value is -1.04. The molecule has 0 fully saturated rings. The number of alkyl halides is 3. The van der Waals surface area contributed by atoms with Gasteiger partial charge in [-0.25, -0.2) is 9.97 Å². The molecule has 0 radical (unpaired) electrons. The quantitative estimate of drug-likeness (QED) is 0.824. The average molecular weight is 282 g/mol. The predicted molar refractivity (Wildman–Crippen MR) is 64.7 cm³/mol. The van der Waals surface area contributed by atoms with Crippen molar-refractivity contribution < 1.29 is 13.2 Å². The molecule has 1 N–H and O–H groups in total. The third-order valence-electron chi connectivity index (χ3n) is 2.47. The van der Waals surface area contributed by atoms with Gasteiger partial charge in [-0.2, -0.15) is 13.2 Å². The number of hydrogen-bond acceptors (Lipinski definition) is 3. The summed E-state index contributed by atoms with van der Waals surface area (Å²) >= 11 is 5.50. The van der Waals surface area contributed by atoms with E-state index < -0.39 is 17.2 Å². The van der Waals surface area contributed by atoms with Gasteiger partial charge in [0.2, 0.25) is 5.28 Å². The average Bonchev–Trinajstić information content (AvgIpc) is 2.26. The number of aromatic nitrogens is 2. The molecule has 102 valence electrons. The molecule has 1 rings (SSSR count). The van der Waals surface area contributed by atoms with Gasteiger partial charge in [0, 0.05) is 12.1 Å². The number of halogens is 4. The van der Waals surface area contributed by atoms with Crippen LogP contribution in [0.1, 0.15) is 38.8 Å². The summed E-state index contributed by atoms with van der Waals surface area (Å²) in [6.07, 6.45) is -1.91. The van der Waals surface area contributed by atoms with Gasteiger partial charge in [-0.15, -0.1) is 0 Å². The lowest BCUT2D eigenvalue weighted by Crippen LogP contribution is -2.20. The first-order chi connectivity index (χ1) is 8.36. The Bertz CT molecular complexity index is 396. The molecule has 1 aromatic heterocycles. The summed E-state index contributed by atoms with van der Waals surface area (Å²) in [5.41, 5.74) is -1.03. The van der Waals surface area contributed by atoms with Gasteiger partial charge in [0.25, 0.3) is 0 Å². The number of hydrogen-bond donors (Lipinski definition) is 1. The van der Waals surface area contributed by atoms with E-state index in [4.69, 9.17) is 11.6 Å². The molecule has 3 nitrogen and oxygen atoms in total. The molecule has 1 unspecified atom stereocenters. The van der Waals surface area contributed by atoms with E-state index in [0.717, 1.165) is 25.3 Å². The predicted octanol–water partition coefficient (Wildman–Crippen LogP) is 4.14. The summed E-state index contributed by atoms with van der Waals surface area (Å²) in [5.74, 6) is 0.114. The molecule has 18 heavy (non-hydrogen) atoms. The van der Waals surface area contributed by atoms with E-state index >= 15 is 0 Å². The lowest BCUT2D eigenvalue weighted by atomic mass is 10.1. The van der Waals surface area contributed by atoms with Gasteiger partial charge in [-0.05, 0) is 24.4 Å². The fourth-order valence-electron chi connectivity index (χ4n) is 1.57. The molecule has 1 atom stereocenters. The van der Waals surface area contributed by atoms with E-state index in [2.05, 4.69) is 15.3 Å². The number of nitrogens with one attached hydrogen (secondary N) is 1. The molecular formula is C11H15ClF3N3. The van der Waals surface area contributed by atoms with Crippen molar-refractivity contribution in [1.29, 1.82) is 0 Å². The van der Waals surface area contributed by atoms with Gasteiger partial charge in [-0.1, -0.05) is 20.3 Å². The summed E-state index contributed by atoms with van der Waals surface area (Å²) in [6.45, 7) is 3.97. The van der Waals surface area contributed by atoms with Crippen molar-refractivity contribution in [3.8, 4) is 0 Å². The highest BCUT2D eigenvalue weighted by Crippen LogP contribution is 2.29. The Balaban J connectivity index is 2.92. The maximum Gasteiger partial charge on any atom is 0.433 e. The number of rotatable bonds is 5. The fraction of sp³-hybridized carbons (Fsp3) is 0.636. The molecule has 0 aliphatic heterocycles. The molecule has 0 aliphatic carbocycles. The van der Waals surface area contributed by atoms with Crippen molar-refractivity contribution in [2.75, 3.05) is 5.32 Å². The lowest BCUT2D eigenvalue weighted by molar-refractivity contribution is -0.141. The van der Waals surface area contributed by atoms with Crippen LogP contribution in [0.25, 0.3) is 0 Å². The van der Waals surface area contributed by atoms with Gasteiger partial charge in [0.05, 0.1) is 0 Å². The largest absolute Gasteiger partial charge is 0.433 e. The molecule has 0 bridgehead atoms. The summed E-state index contributed by atoms with van der Waals surface area (Å²) in [4.78, 5) is 6.93. The first kappa shape index (κ1) is 15.0. The zero-order valence-electron chi connectivity index (χ0n) is 10.2. The van der Waals surface area contributed by atoms with Crippen LogP contribution in [-0.4, -0.2) is 16.0 Å². The highest BCUT2D eigenvalue weighted by molar-refractivity contribution is 6.28.